The number of nitrogens with one attached hydrogen (secondary N) is 1. The van der Waals surface area contributed by atoms with Gasteiger partial charge >= 0.3 is 6.09 Å². The van der Waals surface area contributed by atoms with Gasteiger partial charge in [-0.25, -0.2) is 4.79 Å². The summed E-state index contributed by atoms with van der Waals surface area (Å²) in [5, 5.41) is 3.58. The summed E-state index contributed by atoms with van der Waals surface area (Å²) in [6.45, 7) is 2.12. The van der Waals surface area contributed by atoms with Crippen molar-refractivity contribution in [3.8, 4) is 0 Å². The summed E-state index contributed by atoms with van der Waals surface area (Å²) in [5.41, 5.74) is 4.08. The molecule has 1 atom stereocenters. The van der Waals surface area contributed by atoms with Crippen LogP contribution in [0, 0.1) is 0 Å². The van der Waals surface area contributed by atoms with Gasteiger partial charge in [0.05, 0.1) is 12.6 Å². The van der Waals surface area contributed by atoms with E-state index in [1.807, 2.05) is 48.5 Å². The fraction of sp³-hybridized carbons (Fsp3) is 0.167. The minimum atomic E-state index is -0.435. The number of fused-ring (bicyclic) bond motifs is 2. The van der Waals surface area contributed by atoms with E-state index in [2.05, 4.69) is 11.4 Å². The van der Waals surface area contributed by atoms with Gasteiger partial charge in [0.25, 0.3) is 0 Å². The second-order valence-corrected chi connectivity index (χ2v) is 5.47. The van der Waals surface area contributed by atoms with Crippen molar-refractivity contribution in [1.29, 1.82) is 0 Å². The molecule has 0 fully saturated rings. The molecule has 22 heavy (non-hydrogen) atoms. The zero-order valence-electron chi connectivity index (χ0n) is 12.2. The molecule has 1 aliphatic carbocycles. The van der Waals surface area contributed by atoms with Gasteiger partial charge in [-0.2, -0.15) is 0 Å². The lowest BCUT2D eigenvalue weighted by atomic mass is 9.94. The molecule has 0 saturated heterocycles. The predicted molar refractivity (Wildman–Crippen MR) is 88.8 cm³/mol. The normalized spacial score (nSPS) is 15.5. The number of hydrogen-bond acceptors (Lipinski definition) is 2. The van der Waals surface area contributed by atoms with Gasteiger partial charge in [0.1, 0.15) is 0 Å². The van der Waals surface area contributed by atoms with Crippen molar-refractivity contribution >= 4 is 29.8 Å². The maximum Gasteiger partial charge on any atom is 0.407 e. The Morgan fingerprint density at radius 2 is 1.86 bits per heavy atom. The van der Waals surface area contributed by atoms with Crippen LogP contribution in [0.1, 0.15) is 35.2 Å². The monoisotopic (exact) mass is 313 g/mol. The summed E-state index contributed by atoms with van der Waals surface area (Å²) in [6.07, 6.45) is 3.65. The van der Waals surface area contributed by atoms with Crippen LogP contribution in [0.15, 0.2) is 42.5 Å². The Morgan fingerprint density at radius 3 is 2.64 bits per heavy atom. The highest BCUT2D eigenvalue weighted by atomic mass is 35.5. The average molecular weight is 314 g/mol. The van der Waals surface area contributed by atoms with Crippen LogP contribution in [0.25, 0.3) is 12.2 Å². The van der Waals surface area contributed by atoms with E-state index in [1.165, 1.54) is 0 Å². The number of amides is 1. The third-order valence-corrected chi connectivity index (χ3v) is 3.88. The minimum Gasteiger partial charge on any atom is -0.450 e. The van der Waals surface area contributed by atoms with E-state index in [9.17, 15) is 4.79 Å². The molecule has 1 amide bonds. The van der Waals surface area contributed by atoms with Crippen LogP contribution in [0.4, 0.5) is 4.79 Å². The van der Waals surface area contributed by atoms with Gasteiger partial charge in [-0.15, -0.1) is 0 Å². The molecule has 2 aromatic carbocycles. The van der Waals surface area contributed by atoms with Crippen LogP contribution < -0.4 is 5.32 Å². The summed E-state index contributed by atoms with van der Waals surface area (Å²) in [4.78, 5) is 11.9. The van der Waals surface area contributed by atoms with Crippen molar-refractivity contribution < 1.29 is 9.53 Å². The minimum absolute atomic E-state index is 0.293. The SMILES string of the molecule is CCOC(=O)NC1c2ccccc2C=Cc2ccc(Cl)cc21. The Morgan fingerprint density at radius 1 is 1.14 bits per heavy atom. The van der Waals surface area contributed by atoms with Gasteiger partial charge in [-0.3, -0.25) is 0 Å². The Labute approximate surface area is 134 Å². The van der Waals surface area contributed by atoms with Crippen LogP contribution in [0.5, 0.6) is 0 Å². The van der Waals surface area contributed by atoms with E-state index in [4.69, 9.17) is 16.3 Å². The molecule has 0 bridgehead atoms. The summed E-state index contributed by atoms with van der Waals surface area (Å²) >= 11 is 6.15. The molecule has 0 saturated carbocycles. The summed E-state index contributed by atoms with van der Waals surface area (Å²) in [5.74, 6) is 0. The number of ether oxygens (including phenoxy) is 1. The molecule has 4 heteroatoms. The van der Waals surface area contributed by atoms with Crippen molar-refractivity contribution in [2.24, 2.45) is 0 Å². The zero-order valence-corrected chi connectivity index (χ0v) is 12.9. The number of alkyl carbamates (subject to hydrolysis) is 1. The number of hydrogen-bond donors (Lipinski definition) is 1. The van der Waals surface area contributed by atoms with Crippen LogP contribution >= 0.6 is 11.6 Å². The maximum absolute atomic E-state index is 11.9. The molecule has 1 N–H and O–H groups in total. The number of halogens is 1. The predicted octanol–water partition coefficient (Wildman–Crippen LogP) is 4.66. The van der Waals surface area contributed by atoms with Gasteiger partial charge in [0, 0.05) is 5.02 Å². The molecule has 3 nitrogen and oxygen atoms in total. The smallest absolute Gasteiger partial charge is 0.407 e. The molecular weight excluding hydrogens is 298 g/mol. The van der Waals surface area contributed by atoms with Crippen molar-refractivity contribution in [2.75, 3.05) is 6.61 Å². The topological polar surface area (TPSA) is 38.3 Å². The summed E-state index contributed by atoms with van der Waals surface area (Å²) in [6, 6.07) is 13.4. The number of carbonyl (C=O) groups excluding carboxylic acids is 1. The van der Waals surface area contributed by atoms with E-state index < -0.39 is 6.09 Å². The highest BCUT2D eigenvalue weighted by Gasteiger charge is 2.23. The van der Waals surface area contributed by atoms with Crippen molar-refractivity contribution in [3.05, 3.63) is 69.7 Å². The lowest BCUT2D eigenvalue weighted by Crippen LogP contribution is -2.30. The average Bonchev–Trinajstić information content (AvgIpc) is 2.66. The Kier molecular flexibility index (Phi) is 4.16. The summed E-state index contributed by atoms with van der Waals surface area (Å²) in [7, 11) is 0. The van der Waals surface area contributed by atoms with Gasteiger partial charge in [0.15, 0.2) is 0 Å². The Balaban J connectivity index is 2.11. The number of rotatable bonds is 2. The Hall–Kier alpha value is -2.26. The van der Waals surface area contributed by atoms with Gasteiger partial charge in [-0.1, -0.05) is 54.1 Å². The maximum atomic E-state index is 11.9. The molecule has 3 rings (SSSR count). The highest BCUT2D eigenvalue weighted by Crippen LogP contribution is 2.34. The van der Waals surface area contributed by atoms with E-state index in [-0.39, 0.29) is 6.04 Å². The fourth-order valence-electron chi connectivity index (χ4n) is 2.67. The first kappa shape index (κ1) is 14.7. The quantitative estimate of drug-likeness (QED) is 0.875. The van der Waals surface area contributed by atoms with Crippen molar-refractivity contribution in [3.63, 3.8) is 0 Å². The third kappa shape index (κ3) is 2.85. The van der Waals surface area contributed by atoms with Gasteiger partial charge in [0.2, 0.25) is 0 Å². The van der Waals surface area contributed by atoms with Crippen LogP contribution in [-0.2, 0) is 4.74 Å². The Bertz CT molecular complexity index is 740. The molecule has 1 unspecified atom stereocenters. The first-order valence-corrected chi connectivity index (χ1v) is 7.56. The van der Waals surface area contributed by atoms with Crippen molar-refractivity contribution in [2.45, 2.75) is 13.0 Å². The molecule has 112 valence electrons. The molecule has 0 aliphatic heterocycles. The van der Waals surface area contributed by atoms with Crippen molar-refractivity contribution in [1.82, 2.24) is 5.32 Å². The van der Waals surface area contributed by atoms with E-state index in [0.717, 1.165) is 22.3 Å². The molecule has 0 radical (unpaired) electrons. The molecule has 0 spiro atoms. The third-order valence-electron chi connectivity index (χ3n) is 3.65. The fourth-order valence-corrected chi connectivity index (χ4v) is 2.85. The molecule has 1 aliphatic rings. The number of carbonyl (C=O) groups is 1. The van der Waals surface area contributed by atoms with E-state index in [1.54, 1.807) is 6.92 Å². The lowest BCUT2D eigenvalue weighted by Gasteiger charge is -2.21. The zero-order chi connectivity index (χ0) is 15.5. The summed E-state index contributed by atoms with van der Waals surface area (Å²) < 4.78 is 5.04. The van der Waals surface area contributed by atoms with Gasteiger partial charge in [-0.05, 0) is 41.3 Å². The molecule has 2 aromatic rings. The first-order chi connectivity index (χ1) is 10.7. The standard InChI is InChI=1S/C18H16ClNO2/c1-2-22-18(21)20-17-15-6-4-3-5-12(15)7-8-13-9-10-14(19)11-16(13)17/h3-11,17H,2H2,1H3,(H,20,21). The van der Waals surface area contributed by atoms with Crippen LogP contribution in [-0.4, -0.2) is 12.7 Å². The van der Waals surface area contributed by atoms with Gasteiger partial charge < -0.3 is 10.1 Å². The van der Waals surface area contributed by atoms with Crippen LogP contribution in [0.2, 0.25) is 5.02 Å². The second kappa shape index (κ2) is 6.24. The second-order valence-electron chi connectivity index (χ2n) is 5.03. The number of benzene rings is 2. The highest BCUT2D eigenvalue weighted by molar-refractivity contribution is 6.30. The molecule has 0 aromatic heterocycles. The molecular formula is C18H16ClNO2. The lowest BCUT2D eigenvalue weighted by molar-refractivity contribution is 0.149. The largest absolute Gasteiger partial charge is 0.450 e. The molecule has 0 heterocycles. The van der Waals surface area contributed by atoms with E-state index in [0.29, 0.717) is 11.6 Å². The first-order valence-electron chi connectivity index (χ1n) is 7.19. The van der Waals surface area contributed by atoms with E-state index >= 15 is 0 Å². The van der Waals surface area contributed by atoms with Crippen LogP contribution in [0.3, 0.4) is 0 Å².